The lowest BCUT2D eigenvalue weighted by atomic mass is 9.95. The highest BCUT2D eigenvalue weighted by Gasteiger charge is 2.28. The quantitative estimate of drug-likeness (QED) is 0.542. The van der Waals surface area contributed by atoms with Crippen molar-refractivity contribution in [3.8, 4) is 5.75 Å². The summed E-state index contributed by atoms with van der Waals surface area (Å²) in [6, 6.07) is 6.94. The van der Waals surface area contributed by atoms with Crippen LogP contribution in [0.4, 0.5) is 10.1 Å². The predicted molar refractivity (Wildman–Crippen MR) is 119 cm³/mol. The molecule has 0 saturated heterocycles. The highest BCUT2D eigenvalue weighted by atomic mass is 35.5. The Morgan fingerprint density at radius 2 is 2.03 bits per heavy atom. The summed E-state index contributed by atoms with van der Waals surface area (Å²) in [6.45, 7) is 5.57. The van der Waals surface area contributed by atoms with Crippen LogP contribution in [0.15, 0.2) is 34.5 Å². The van der Waals surface area contributed by atoms with E-state index in [0.717, 1.165) is 37.4 Å². The van der Waals surface area contributed by atoms with Crippen molar-refractivity contribution in [2.24, 2.45) is 10.2 Å². The summed E-state index contributed by atoms with van der Waals surface area (Å²) in [7, 11) is 0. The molecule has 0 radical (unpaired) electrons. The van der Waals surface area contributed by atoms with Crippen LogP contribution in [0.1, 0.15) is 35.4 Å². The Kier molecular flexibility index (Phi) is 4.41. The second-order valence-electron chi connectivity index (χ2n) is 7.53. The molecule has 1 atom stereocenters. The molecule has 5 rings (SSSR count). The average molecular weight is 442 g/mol. The van der Waals surface area contributed by atoms with E-state index in [-0.39, 0.29) is 10.9 Å². The van der Waals surface area contributed by atoms with Crippen molar-refractivity contribution in [3.63, 3.8) is 0 Å². The van der Waals surface area contributed by atoms with E-state index in [4.69, 9.17) is 16.3 Å². The fourth-order valence-electron chi connectivity index (χ4n) is 3.77. The molecule has 1 N–H and O–H groups in total. The standard InChI is InChI=1S/C22H17ClFN3O2S/c1-9-4-12-5-17-18(29-11(3)22(28)25-17)7-14(12)20(27-26-9)21-10(2)13-6-16(24)15(23)8-19(13)30-21/h5-8,11H,4H2,1-3H3,(H,25,28). The summed E-state index contributed by atoms with van der Waals surface area (Å²) >= 11 is 7.50. The van der Waals surface area contributed by atoms with E-state index in [2.05, 4.69) is 15.5 Å². The zero-order valence-electron chi connectivity index (χ0n) is 16.5. The molecule has 0 spiro atoms. The first-order valence-electron chi connectivity index (χ1n) is 9.46. The Labute approximate surface area is 181 Å². The third kappa shape index (κ3) is 3.00. The molecule has 0 fully saturated rings. The van der Waals surface area contributed by atoms with Gasteiger partial charge in [0.15, 0.2) is 6.10 Å². The first kappa shape index (κ1) is 19.2. The summed E-state index contributed by atoms with van der Waals surface area (Å²) in [4.78, 5) is 12.9. The van der Waals surface area contributed by atoms with Gasteiger partial charge in [0.25, 0.3) is 5.91 Å². The van der Waals surface area contributed by atoms with Crippen LogP contribution in [0.3, 0.4) is 0 Å². The largest absolute Gasteiger partial charge is 0.479 e. The van der Waals surface area contributed by atoms with E-state index in [1.165, 1.54) is 17.4 Å². The highest BCUT2D eigenvalue weighted by Crippen LogP contribution is 2.39. The Morgan fingerprint density at radius 1 is 1.23 bits per heavy atom. The van der Waals surface area contributed by atoms with Crippen molar-refractivity contribution in [1.29, 1.82) is 0 Å². The Bertz CT molecular complexity index is 1310. The first-order chi connectivity index (χ1) is 14.3. The summed E-state index contributed by atoms with van der Waals surface area (Å²) < 4.78 is 20.8. The van der Waals surface area contributed by atoms with Crippen LogP contribution in [-0.2, 0) is 11.2 Å². The predicted octanol–water partition coefficient (Wildman–Crippen LogP) is 5.49. The summed E-state index contributed by atoms with van der Waals surface area (Å²) in [5, 5.41) is 12.7. The fourth-order valence-corrected chi connectivity index (χ4v) is 5.23. The number of halogens is 2. The number of carbonyl (C=O) groups excluding carboxylic acids is 1. The van der Waals surface area contributed by atoms with Gasteiger partial charge in [-0.3, -0.25) is 4.79 Å². The van der Waals surface area contributed by atoms with Gasteiger partial charge in [-0.15, -0.1) is 16.4 Å². The lowest BCUT2D eigenvalue weighted by Gasteiger charge is -2.25. The number of hydrogen-bond acceptors (Lipinski definition) is 5. The van der Waals surface area contributed by atoms with Gasteiger partial charge in [0.05, 0.1) is 15.6 Å². The van der Waals surface area contributed by atoms with E-state index in [1.807, 2.05) is 26.0 Å². The average Bonchev–Trinajstić information content (AvgIpc) is 2.90. The lowest BCUT2D eigenvalue weighted by molar-refractivity contribution is -0.122. The molecule has 0 aliphatic carbocycles. The van der Waals surface area contributed by atoms with Gasteiger partial charge in [0.1, 0.15) is 17.3 Å². The SMILES string of the molecule is CC1=NN=C(c2sc3cc(Cl)c(F)cc3c2C)c2cc3c(cc2C1)NC(=O)C(C)O3. The number of amides is 1. The number of thiophene rings is 1. The third-order valence-corrected chi connectivity index (χ3v) is 6.90. The fraction of sp³-hybridized carbons (Fsp3) is 0.227. The number of hydrogen-bond donors (Lipinski definition) is 1. The zero-order valence-corrected chi connectivity index (χ0v) is 18.0. The van der Waals surface area contributed by atoms with Crippen molar-refractivity contribution in [1.82, 2.24) is 0 Å². The van der Waals surface area contributed by atoms with Gasteiger partial charge < -0.3 is 10.1 Å². The number of carbonyl (C=O) groups is 1. The van der Waals surface area contributed by atoms with E-state index in [9.17, 15) is 9.18 Å². The van der Waals surface area contributed by atoms with Gasteiger partial charge in [0, 0.05) is 22.4 Å². The maximum absolute atomic E-state index is 14.1. The Hall–Kier alpha value is -2.77. The van der Waals surface area contributed by atoms with Crippen LogP contribution in [0, 0.1) is 12.7 Å². The topological polar surface area (TPSA) is 63.0 Å². The minimum Gasteiger partial charge on any atom is -0.479 e. The molecule has 5 nitrogen and oxygen atoms in total. The number of anilines is 1. The summed E-state index contributed by atoms with van der Waals surface area (Å²) in [6.07, 6.45) is 0.0294. The summed E-state index contributed by atoms with van der Waals surface area (Å²) in [5.74, 6) is -0.0172. The van der Waals surface area contributed by atoms with Crippen molar-refractivity contribution in [2.45, 2.75) is 33.3 Å². The molecule has 8 heteroatoms. The number of nitrogens with one attached hydrogen (secondary N) is 1. The zero-order chi connectivity index (χ0) is 21.2. The molecule has 152 valence electrons. The molecule has 1 unspecified atom stereocenters. The van der Waals surface area contributed by atoms with Crippen molar-refractivity contribution in [3.05, 3.63) is 56.7 Å². The smallest absolute Gasteiger partial charge is 0.265 e. The maximum atomic E-state index is 14.1. The van der Waals surface area contributed by atoms with Crippen LogP contribution in [-0.4, -0.2) is 23.4 Å². The van der Waals surface area contributed by atoms with Crippen molar-refractivity contribution in [2.75, 3.05) is 5.32 Å². The Morgan fingerprint density at radius 3 is 2.83 bits per heavy atom. The molecule has 2 aromatic carbocycles. The van der Waals surface area contributed by atoms with E-state index in [0.29, 0.717) is 23.6 Å². The minimum absolute atomic E-state index is 0.0968. The van der Waals surface area contributed by atoms with Gasteiger partial charge >= 0.3 is 0 Å². The van der Waals surface area contributed by atoms with Crippen LogP contribution >= 0.6 is 22.9 Å². The van der Waals surface area contributed by atoms with E-state index >= 15 is 0 Å². The van der Waals surface area contributed by atoms with Gasteiger partial charge in [-0.05, 0) is 61.5 Å². The molecule has 2 aliphatic heterocycles. The molecule has 0 bridgehead atoms. The third-order valence-electron chi connectivity index (χ3n) is 5.35. The molecule has 3 heterocycles. The van der Waals surface area contributed by atoms with Crippen LogP contribution in [0.2, 0.25) is 5.02 Å². The number of fused-ring (bicyclic) bond motifs is 3. The molecule has 30 heavy (non-hydrogen) atoms. The van der Waals surface area contributed by atoms with Gasteiger partial charge in [-0.2, -0.15) is 5.10 Å². The maximum Gasteiger partial charge on any atom is 0.265 e. The molecule has 1 amide bonds. The molecular formula is C22H17ClFN3O2S. The minimum atomic E-state index is -0.573. The molecule has 3 aromatic rings. The van der Waals surface area contributed by atoms with Crippen molar-refractivity contribution >= 4 is 56.0 Å². The van der Waals surface area contributed by atoms with Crippen LogP contribution in [0.5, 0.6) is 5.75 Å². The number of aryl methyl sites for hydroxylation is 1. The van der Waals surface area contributed by atoms with E-state index in [1.54, 1.807) is 13.0 Å². The van der Waals surface area contributed by atoms with Gasteiger partial charge in [-0.1, -0.05) is 11.6 Å². The normalized spacial score (nSPS) is 18.0. The molecular weight excluding hydrogens is 425 g/mol. The first-order valence-corrected chi connectivity index (χ1v) is 10.7. The lowest BCUT2D eigenvalue weighted by Crippen LogP contribution is -2.34. The molecule has 2 aliphatic rings. The van der Waals surface area contributed by atoms with E-state index < -0.39 is 11.9 Å². The monoisotopic (exact) mass is 441 g/mol. The number of rotatable bonds is 1. The molecule has 1 aromatic heterocycles. The highest BCUT2D eigenvalue weighted by molar-refractivity contribution is 7.21. The number of benzene rings is 2. The second-order valence-corrected chi connectivity index (χ2v) is 8.99. The van der Waals surface area contributed by atoms with Gasteiger partial charge in [0.2, 0.25) is 0 Å². The van der Waals surface area contributed by atoms with Crippen molar-refractivity contribution < 1.29 is 13.9 Å². The number of nitrogens with zero attached hydrogens (tertiary/aromatic N) is 2. The second kappa shape index (κ2) is 6.89. The number of ether oxygens (including phenoxy) is 1. The summed E-state index contributed by atoms with van der Waals surface area (Å²) in [5.41, 5.74) is 5.01. The Balaban J connectivity index is 1.73. The van der Waals surface area contributed by atoms with Crippen LogP contribution < -0.4 is 10.1 Å². The van der Waals surface area contributed by atoms with Crippen LogP contribution in [0.25, 0.3) is 10.1 Å². The van der Waals surface area contributed by atoms with Gasteiger partial charge in [-0.25, -0.2) is 4.39 Å². The molecule has 0 saturated carbocycles.